The van der Waals surface area contributed by atoms with Gasteiger partial charge in [-0.05, 0) is 17.7 Å². The molecular weight excluding hydrogens is 195 g/mol. The molecule has 0 bridgehead atoms. The van der Waals surface area contributed by atoms with E-state index >= 15 is 0 Å². The predicted molar refractivity (Wildman–Crippen MR) is 45.4 cm³/mol. The zero-order valence-corrected chi connectivity index (χ0v) is 7.25. The van der Waals surface area contributed by atoms with Crippen LogP contribution in [0.25, 0.3) is 0 Å². The zero-order valence-electron chi connectivity index (χ0n) is 7.25. The van der Waals surface area contributed by atoms with Crippen LogP contribution in [-0.2, 0) is 0 Å². The Hall–Kier alpha value is -1.07. The molecule has 1 unspecified atom stereocenters. The van der Waals surface area contributed by atoms with Crippen LogP contribution < -0.4 is 5.73 Å². The lowest BCUT2D eigenvalue weighted by atomic mass is 10.0. The summed E-state index contributed by atoms with van der Waals surface area (Å²) in [6.07, 6.45) is -2.87. The maximum absolute atomic E-state index is 12.8. The molecule has 0 amide bonds. The van der Waals surface area contributed by atoms with E-state index in [-0.39, 0.29) is 6.61 Å². The molecule has 78 valence electrons. The molecule has 0 aromatic heterocycles. The Morgan fingerprint density at radius 3 is 2.50 bits per heavy atom. The lowest BCUT2D eigenvalue weighted by molar-refractivity contribution is 0.146. The van der Waals surface area contributed by atoms with Gasteiger partial charge in [0.05, 0.1) is 18.2 Å². The van der Waals surface area contributed by atoms with E-state index in [4.69, 9.17) is 10.8 Å². The monoisotopic (exact) mass is 205 g/mol. The predicted octanol–water partition coefficient (Wildman–Crippen LogP) is 1.76. The van der Waals surface area contributed by atoms with Gasteiger partial charge in [0.1, 0.15) is 5.82 Å². The van der Waals surface area contributed by atoms with E-state index in [1.165, 1.54) is 6.07 Å². The fourth-order valence-corrected chi connectivity index (χ4v) is 1.07. The number of alkyl halides is 2. The molecule has 0 aliphatic carbocycles. The summed E-state index contributed by atoms with van der Waals surface area (Å²) in [4.78, 5) is 0. The highest BCUT2D eigenvalue weighted by Gasteiger charge is 2.15. The summed E-state index contributed by atoms with van der Waals surface area (Å²) in [6, 6.07) is 2.42. The fraction of sp³-hybridized carbons (Fsp3) is 0.333. The second-order valence-corrected chi connectivity index (χ2v) is 2.87. The minimum Gasteiger partial charge on any atom is -0.394 e. The van der Waals surface area contributed by atoms with E-state index in [1.54, 1.807) is 0 Å². The summed E-state index contributed by atoms with van der Waals surface area (Å²) in [5, 5.41) is 8.68. The van der Waals surface area contributed by atoms with Crippen LogP contribution in [-0.4, -0.2) is 11.7 Å². The molecule has 1 aromatic rings. The number of nitrogens with two attached hydrogens (primary N) is 1. The second kappa shape index (κ2) is 4.43. The Morgan fingerprint density at radius 2 is 2.00 bits per heavy atom. The average Bonchev–Trinajstić information content (AvgIpc) is 2.17. The van der Waals surface area contributed by atoms with Crippen molar-refractivity contribution in [3.63, 3.8) is 0 Å². The molecule has 0 aliphatic heterocycles. The Morgan fingerprint density at radius 1 is 1.36 bits per heavy atom. The molecule has 1 rings (SSSR count). The van der Waals surface area contributed by atoms with Crippen molar-refractivity contribution in [2.24, 2.45) is 5.73 Å². The minimum absolute atomic E-state index is 0.296. The van der Waals surface area contributed by atoms with E-state index in [0.717, 1.165) is 12.1 Å². The molecule has 0 aliphatic rings. The van der Waals surface area contributed by atoms with Crippen molar-refractivity contribution in [2.75, 3.05) is 6.61 Å². The summed E-state index contributed by atoms with van der Waals surface area (Å²) in [6.45, 7) is -0.367. The quantitative estimate of drug-likeness (QED) is 0.789. The van der Waals surface area contributed by atoms with Gasteiger partial charge < -0.3 is 10.8 Å². The van der Waals surface area contributed by atoms with Gasteiger partial charge in [0.15, 0.2) is 0 Å². The van der Waals surface area contributed by atoms with Crippen LogP contribution in [0.1, 0.15) is 23.6 Å². The molecule has 0 radical (unpaired) electrons. The number of rotatable bonds is 3. The number of benzene rings is 1. The molecule has 0 fully saturated rings. The molecule has 0 heterocycles. The number of aliphatic hydroxyl groups excluding tert-OH is 1. The van der Waals surface area contributed by atoms with Crippen molar-refractivity contribution in [3.05, 3.63) is 35.1 Å². The summed E-state index contributed by atoms with van der Waals surface area (Å²) in [5.41, 5.74) is 5.00. The van der Waals surface area contributed by atoms with Crippen LogP contribution in [0.4, 0.5) is 13.2 Å². The minimum atomic E-state index is -2.87. The van der Waals surface area contributed by atoms with Crippen molar-refractivity contribution >= 4 is 0 Å². The first kappa shape index (κ1) is 11.0. The largest absolute Gasteiger partial charge is 0.394 e. The third-order valence-corrected chi connectivity index (χ3v) is 1.88. The average molecular weight is 205 g/mol. The van der Waals surface area contributed by atoms with Gasteiger partial charge in [0.2, 0.25) is 0 Å². The first-order chi connectivity index (χ1) is 6.56. The van der Waals surface area contributed by atoms with Crippen LogP contribution in [0.2, 0.25) is 0 Å². The van der Waals surface area contributed by atoms with E-state index in [0.29, 0.717) is 5.56 Å². The lowest BCUT2D eigenvalue weighted by Crippen LogP contribution is -2.14. The van der Waals surface area contributed by atoms with Crippen LogP contribution in [0, 0.1) is 5.82 Å². The Kier molecular flexibility index (Phi) is 3.49. The van der Waals surface area contributed by atoms with Gasteiger partial charge in [-0.15, -0.1) is 0 Å². The Bertz CT molecular complexity index is 317. The topological polar surface area (TPSA) is 46.2 Å². The molecule has 0 spiro atoms. The molecule has 0 saturated heterocycles. The van der Waals surface area contributed by atoms with Crippen molar-refractivity contribution in [3.8, 4) is 0 Å². The van der Waals surface area contributed by atoms with Gasteiger partial charge in [-0.2, -0.15) is 0 Å². The summed E-state index contributed by atoms with van der Waals surface area (Å²) >= 11 is 0. The van der Waals surface area contributed by atoms with Crippen molar-refractivity contribution in [1.82, 2.24) is 0 Å². The molecule has 5 heteroatoms. The van der Waals surface area contributed by atoms with Gasteiger partial charge >= 0.3 is 0 Å². The first-order valence-electron chi connectivity index (χ1n) is 4.00. The molecule has 2 nitrogen and oxygen atoms in total. The molecule has 14 heavy (non-hydrogen) atoms. The van der Waals surface area contributed by atoms with Crippen LogP contribution in [0.3, 0.4) is 0 Å². The third-order valence-electron chi connectivity index (χ3n) is 1.88. The van der Waals surface area contributed by atoms with E-state index < -0.39 is 23.8 Å². The highest BCUT2D eigenvalue weighted by atomic mass is 19.3. The molecule has 1 aromatic carbocycles. The first-order valence-corrected chi connectivity index (χ1v) is 4.00. The summed E-state index contributed by atoms with van der Waals surface area (Å²) in [5.74, 6) is -0.964. The van der Waals surface area contributed by atoms with Gasteiger partial charge in [-0.1, -0.05) is 6.07 Å². The van der Waals surface area contributed by atoms with Crippen molar-refractivity contribution < 1.29 is 18.3 Å². The third kappa shape index (κ3) is 2.24. The number of hydrogen-bond acceptors (Lipinski definition) is 2. The molecule has 3 N–H and O–H groups in total. The van der Waals surface area contributed by atoms with E-state index in [2.05, 4.69) is 0 Å². The van der Waals surface area contributed by atoms with Crippen LogP contribution in [0.5, 0.6) is 0 Å². The molecular formula is C9H10F3NO. The van der Waals surface area contributed by atoms with Crippen LogP contribution >= 0.6 is 0 Å². The maximum atomic E-state index is 12.8. The standard InChI is InChI=1S/C9H10F3NO/c10-7-2-1-5(8(13)4-14)3-6(7)9(11)12/h1-3,8-9,14H,4,13H2. The number of hydrogen-bond donors (Lipinski definition) is 2. The molecule has 0 saturated carbocycles. The second-order valence-electron chi connectivity index (χ2n) is 2.87. The molecule has 1 atom stereocenters. The normalized spacial score (nSPS) is 13.3. The lowest BCUT2D eigenvalue weighted by Gasteiger charge is -2.10. The SMILES string of the molecule is NC(CO)c1ccc(F)c(C(F)F)c1. The number of halogens is 3. The van der Waals surface area contributed by atoms with Gasteiger partial charge in [0.25, 0.3) is 6.43 Å². The zero-order chi connectivity index (χ0) is 10.7. The number of aliphatic hydroxyl groups is 1. The summed E-state index contributed by atoms with van der Waals surface area (Å²) < 4.78 is 37.3. The van der Waals surface area contributed by atoms with Crippen molar-refractivity contribution in [2.45, 2.75) is 12.5 Å². The fourth-order valence-electron chi connectivity index (χ4n) is 1.07. The van der Waals surface area contributed by atoms with Gasteiger partial charge in [-0.3, -0.25) is 0 Å². The van der Waals surface area contributed by atoms with Crippen molar-refractivity contribution in [1.29, 1.82) is 0 Å². The smallest absolute Gasteiger partial charge is 0.266 e. The maximum Gasteiger partial charge on any atom is 0.266 e. The Labute approximate surface area is 79.2 Å². The summed E-state index contributed by atoms with van der Waals surface area (Å²) in [7, 11) is 0. The Balaban J connectivity index is 3.06. The van der Waals surface area contributed by atoms with Crippen LogP contribution in [0.15, 0.2) is 18.2 Å². The van der Waals surface area contributed by atoms with E-state index in [9.17, 15) is 13.2 Å². The highest BCUT2D eigenvalue weighted by molar-refractivity contribution is 5.28. The highest BCUT2D eigenvalue weighted by Crippen LogP contribution is 2.24. The van der Waals surface area contributed by atoms with E-state index in [1.807, 2.05) is 0 Å². The van der Waals surface area contributed by atoms with Gasteiger partial charge in [0, 0.05) is 0 Å². The van der Waals surface area contributed by atoms with Gasteiger partial charge in [-0.25, -0.2) is 13.2 Å².